The third-order valence-corrected chi connectivity index (χ3v) is 6.64. The molecule has 1 fully saturated rings. The highest BCUT2D eigenvalue weighted by Gasteiger charge is 2.34. The van der Waals surface area contributed by atoms with E-state index < -0.39 is 0 Å². The average molecular weight is 425 g/mol. The van der Waals surface area contributed by atoms with E-state index >= 15 is 0 Å². The Kier molecular flexibility index (Phi) is 5.99. The molecule has 0 spiro atoms. The van der Waals surface area contributed by atoms with Crippen LogP contribution in [0.15, 0.2) is 42.5 Å². The molecule has 1 saturated heterocycles. The van der Waals surface area contributed by atoms with Gasteiger partial charge in [0.05, 0.1) is 17.3 Å². The zero-order valence-electron chi connectivity index (χ0n) is 17.7. The first kappa shape index (κ1) is 21.1. The molecule has 0 bridgehead atoms. The smallest absolute Gasteiger partial charge is 0.225 e. The predicted molar refractivity (Wildman–Crippen MR) is 121 cm³/mol. The van der Waals surface area contributed by atoms with Crippen LogP contribution in [0.4, 0.5) is 5.69 Å². The van der Waals surface area contributed by atoms with Gasteiger partial charge >= 0.3 is 0 Å². The summed E-state index contributed by atoms with van der Waals surface area (Å²) >= 11 is 6.46. The predicted octanol–water partition coefficient (Wildman–Crippen LogP) is 5.10. The highest BCUT2D eigenvalue weighted by Crippen LogP contribution is 2.41. The summed E-state index contributed by atoms with van der Waals surface area (Å²) in [6.45, 7) is 6.35. The Morgan fingerprint density at radius 2 is 2.00 bits per heavy atom. The maximum absolute atomic E-state index is 13.1. The van der Waals surface area contributed by atoms with Crippen molar-refractivity contribution < 1.29 is 9.59 Å². The van der Waals surface area contributed by atoms with Crippen LogP contribution >= 0.6 is 11.6 Å². The molecule has 2 aromatic carbocycles. The summed E-state index contributed by atoms with van der Waals surface area (Å²) in [4.78, 5) is 27.4. The second kappa shape index (κ2) is 8.52. The molecule has 2 aliphatic rings. The number of nitrogens with one attached hydrogen (secondary N) is 1. The lowest BCUT2D eigenvalue weighted by molar-refractivity contribution is -0.117. The topological polar surface area (TPSA) is 49.4 Å². The van der Waals surface area contributed by atoms with E-state index in [1.165, 1.54) is 12.0 Å². The second-order valence-electron chi connectivity index (χ2n) is 9.35. The lowest BCUT2D eigenvalue weighted by Gasteiger charge is -2.34. The third kappa shape index (κ3) is 4.60. The van der Waals surface area contributed by atoms with Crippen LogP contribution in [0, 0.1) is 5.92 Å². The molecule has 2 aromatic rings. The van der Waals surface area contributed by atoms with Crippen molar-refractivity contribution in [1.29, 1.82) is 0 Å². The van der Waals surface area contributed by atoms with Gasteiger partial charge in [0, 0.05) is 23.9 Å². The molecule has 4 nitrogen and oxygen atoms in total. The van der Waals surface area contributed by atoms with Crippen LogP contribution in [0.3, 0.4) is 0 Å². The summed E-state index contributed by atoms with van der Waals surface area (Å²) in [5.74, 6) is 0.634. The van der Waals surface area contributed by atoms with Gasteiger partial charge < -0.3 is 5.32 Å². The van der Waals surface area contributed by atoms with Crippen molar-refractivity contribution in [1.82, 2.24) is 4.90 Å². The van der Waals surface area contributed by atoms with E-state index in [0.717, 1.165) is 31.5 Å². The number of hydrogen-bond acceptors (Lipinski definition) is 3. The van der Waals surface area contributed by atoms with E-state index in [2.05, 4.69) is 34.5 Å². The van der Waals surface area contributed by atoms with Gasteiger partial charge in [-0.15, -0.1) is 0 Å². The van der Waals surface area contributed by atoms with Crippen LogP contribution in [-0.4, -0.2) is 36.2 Å². The Morgan fingerprint density at radius 3 is 2.77 bits per heavy atom. The number of likely N-dealkylation sites (tertiary alicyclic amines) is 1. The van der Waals surface area contributed by atoms with E-state index in [9.17, 15) is 9.59 Å². The SMILES string of the molecule is CC1(C)CC(=O)Nc2c(Cl)cc(C(=O)CN3CCCC(Cc4ccccc4)C3)cc21. The molecule has 1 atom stereocenters. The minimum Gasteiger partial charge on any atom is -0.324 e. The standard InChI is InChI=1S/C25H29ClN2O2/c1-25(2)14-23(30)27-24-20(25)12-19(13-21(24)26)22(29)16-28-10-6-9-18(15-28)11-17-7-4-3-5-8-17/h3-5,7-8,12-13,18H,6,9-11,14-16H2,1-2H3,(H,27,30). The Bertz CT molecular complexity index is 955. The van der Waals surface area contributed by atoms with Crippen LogP contribution in [0.5, 0.6) is 0 Å². The number of rotatable bonds is 5. The zero-order valence-corrected chi connectivity index (χ0v) is 18.5. The molecule has 0 aromatic heterocycles. The molecular formula is C25H29ClN2O2. The summed E-state index contributed by atoms with van der Waals surface area (Å²) in [6, 6.07) is 14.2. The van der Waals surface area contributed by atoms with Gasteiger partial charge in [-0.05, 0) is 55.0 Å². The quantitative estimate of drug-likeness (QED) is 0.679. The molecular weight excluding hydrogens is 396 g/mol. The molecule has 5 heteroatoms. The number of amides is 1. The highest BCUT2D eigenvalue weighted by atomic mass is 35.5. The summed E-state index contributed by atoms with van der Waals surface area (Å²) < 4.78 is 0. The number of Topliss-reactive ketones (excluding diaryl/α,β-unsaturated/α-hetero) is 1. The number of fused-ring (bicyclic) bond motifs is 1. The van der Waals surface area contributed by atoms with Gasteiger partial charge in [0.15, 0.2) is 5.78 Å². The van der Waals surface area contributed by atoms with Crippen LogP contribution in [0.1, 0.15) is 54.6 Å². The number of hydrogen-bond donors (Lipinski definition) is 1. The Hall–Kier alpha value is -2.17. The van der Waals surface area contributed by atoms with Crippen molar-refractivity contribution >= 4 is 29.0 Å². The van der Waals surface area contributed by atoms with E-state index in [0.29, 0.717) is 35.2 Å². The number of ketones is 1. The van der Waals surface area contributed by atoms with Crippen LogP contribution < -0.4 is 5.32 Å². The number of carbonyl (C=O) groups excluding carboxylic acids is 2. The Labute approximate surface area is 183 Å². The van der Waals surface area contributed by atoms with Gasteiger partial charge in [-0.3, -0.25) is 14.5 Å². The normalized spacial score (nSPS) is 21.0. The van der Waals surface area contributed by atoms with Gasteiger partial charge in [0.25, 0.3) is 0 Å². The maximum atomic E-state index is 13.1. The number of carbonyl (C=O) groups is 2. The molecule has 1 unspecified atom stereocenters. The lowest BCUT2D eigenvalue weighted by atomic mass is 9.77. The van der Waals surface area contributed by atoms with Gasteiger partial charge in [-0.2, -0.15) is 0 Å². The monoisotopic (exact) mass is 424 g/mol. The number of nitrogens with zero attached hydrogens (tertiary/aromatic N) is 1. The van der Waals surface area contributed by atoms with Crippen LogP contribution in [0.25, 0.3) is 0 Å². The summed E-state index contributed by atoms with van der Waals surface area (Å²) in [5.41, 5.74) is 3.24. The molecule has 1 N–H and O–H groups in total. The van der Waals surface area contributed by atoms with Gasteiger partial charge in [0.1, 0.15) is 0 Å². The summed E-state index contributed by atoms with van der Waals surface area (Å²) in [5, 5.41) is 3.31. The van der Waals surface area contributed by atoms with Crippen LogP contribution in [0.2, 0.25) is 5.02 Å². The maximum Gasteiger partial charge on any atom is 0.225 e. The van der Waals surface area contributed by atoms with Gasteiger partial charge in [-0.1, -0.05) is 55.8 Å². The molecule has 30 heavy (non-hydrogen) atoms. The average Bonchev–Trinajstić information content (AvgIpc) is 2.69. The van der Waals surface area contributed by atoms with Crippen molar-refractivity contribution in [3.8, 4) is 0 Å². The number of piperidine rings is 1. The fraction of sp³-hybridized carbons (Fsp3) is 0.440. The molecule has 1 amide bonds. The minimum atomic E-state index is -0.344. The zero-order chi connectivity index (χ0) is 21.3. The first-order chi connectivity index (χ1) is 14.3. The first-order valence-corrected chi connectivity index (χ1v) is 11.1. The van der Waals surface area contributed by atoms with Crippen molar-refractivity contribution in [3.63, 3.8) is 0 Å². The van der Waals surface area contributed by atoms with Gasteiger partial charge in [-0.25, -0.2) is 0 Å². The van der Waals surface area contributed by atoms with E-state index in [4.69, 9.17) is 11.6 Å². The number of benzene rings is 2. The molecule has 4 rings (SSSR count). The lowest BCUT2D eigenvalue weighted by Crippen LogP contribution is -2.39. The molecule has 158 valence electrons. The van der Waals surface area contributed by atoms with Crippen LogP contribution in [-0.2, 0) is 16.6 Å². The molecule has 0 aliphatic carbocycles. The first-order valence-electron chi connectivity index (χ1n) is 10.8. The van der Waals surface area contributed by atoms with Crippen molar-refractivity contribution in [2.45, 2.75) is 44.9 Å². The fourth-order valence-corrected chi connectivity index (χ4v) is 5.08. The minimum absolute atomic E-state index is 0.0359. The third-order valence-electron chi connectivity index (χ3n) is 6.35. The largest absolute Gasteiger partial charge is 0.324 e. The Balaban J connectivity index is 1.46. The van der Waals surface area contributed by atoms with Crippen molar-refractivity contribution in [2.75, 3.05) is 25.0 Å². The number of anilines is 1. The van der Waals surface area contributed by atoms with E-state index in [1.807, 2.05) is 26.0 Å². The summed E-state index contributed by atoms with van der Waals surface area (Å²) in [6.07, 6.45) is 3.78. The number of halogens is 1. The molecule has 2 heterocycles. The van der Waals surface area contributed by atoms with E-state index in [-0.39, 0.29) is 17.1 Å². The second-order valence-corrected chi connectivity index (χ2v) is 9.75. The van der Waals surface area contributed by atoms with Crippen molar-refractivity contribution in [3.05, 3.63) is 64.2 Å². The van der Waals surface area contributed by atoms with Gasteiger partial charge in [0.2, 0.25) is 5.91 Å². The molecule has 0 saturated carbocycles. The van der Waals surface area contributed by atoms with Crippen molar-refractivity contribution in [2.24, 2.45) is 5.92 Å². The molecule has 2 aliphatic heterocycles. The van der Waals surface area contributed by atoms with E-state index in [1.54, 1.807) is 6.07 Å². The summed E-state index contributed by atoms with van der Waals surface area (Å²) in [7, 11) is 0. The highest BCUT2D eigenvalue weighted by molar-refractivity contribution is 6.34. The molecule has 0 radical (unpaired) electrons. The Morgan fingerprint density at radius 1 is 1.23 bits per heavy atom. The fourth-order valence-electron chi connectivity index (χ4n) is 4.81.